The molecule has 0 spiro atoms. The zero-order valence-corrected chi connectivity index (χ0v) is 18.0. The molecule has 9 heteroatoms. The van der Waals surface area contributed by atoms with Gasteiger partial charge in [0.05, 0.1) is 18.6 Å². The fourth-order valence-electron chi connectivity index (χ4n) is 3.81. The number of nitrogens with zero attached hydrogens (tertiary/aromatic N) is 4. The van der Waals surface area contributed by atoms with Crippen molar-refractivity contribution in [2.75, 3.05) is 32.0 Å². The molecule has 0 radical (unpaired) electrons. The van der Waals surface area contributed by atoms with E-state index in [1.165, 1.54) is 0 Å². The average molecular weight is 425 g/mol. The number of carbonyl (C=O) groups excluding carboxylic acids is 1. The van der Waals surface area contributed by atoms with E-state index >= 15 is 0 Å². The van der Waals surface area contributed by atoms with Gasteiger partial charge in [-0.2, -0.15) is 0 Å². The molecular formula is C22H28N6O3. The molecule has 2 unspecified atom stereocenters. The van der Waals surface area contributed by atoms with E-state index in [0.29, 0.717) is 32.1 Å². The number of anilines is 1. The molecule has 2 atom stereocenters. The van der Waals surface area contributed by atoms with Gasteiger partial charge in [0.15, 0.2) is 0 Å². The molecule has 2 aromatic rings. The third-order valence-corrected chi connectivity index (χ3v) is 6.18. The zero-order valence-electron chi connectivity index (χ0n) is 18.0. The molecule has 0 saturated carbocycles. The molecule has 1 aromatic heterocycles. The molecule has 2 aliphatic rings. The SMILES string of the molecule is CC(C)C(C)(C1=NC(C(=O)N2CCOCC2)ON1)c1ccc(-c2cnc(N)nc2)cc1. The minimum absolute atomic E-state index is 0.143. The highest BCUT2D eigenvalue weighted by Crippen LogP contribution is 2.36. The van der Waals surface area contributed by atoms with E-state index in [2.05, 4.69) is 53.3 Å². The molecule has 0 bridgehead atoms. The van der Waals surface area contributed by atoms with Crippen molar-refractivity contribution in [3.8, 4) is 11.1 Å². The predicted octanol–water partition coefficient (Wildman–Crippen LogP) is 1.76. The van der Waals surface area contributed by atoms with Crippen molar-refractivity contribution < 1.29 is 14.4 Å². The van der Waals surface area contributed by atoms with Crippen molar-refractivity contribution in [3.05, 3.63) is 42.2 Å². The second kappa shape index (κ2) is 8.60. The minimum atomic E-state index is -0.877. The summed E-state index contributed by atoms with van der Waals surface area (Å²) in [4.78, 5) is 32.9. The lowest BCUT2D eigenvalue weighted by atomic mass is 9.72. The standard InChI is InChI=1S/C22H28N6O3/c1-14(2)22(3,17-6-4-15(5-7-17)16-12-24-21(23)25-13-16)20-26-18(31-27-20)19(29)28-8-10-30-11-9-28/h4-7,12-14,18H,8-11H2,1-3H3,(H,26,27)(H2,23,24,25). The number of aliphatic imine (C=N–C) groups is 1. The van der Waals surface area contributed by atoms with Crippen LogP contribution in [-0.4, -0.2) is 59.1 Å². The van der Waals surface area contributed by atoms with Crippen LogP contribution in [0.25, 0.3) is 11.1 Å². The third kappa shape index (κ3) is 4.11. The Hall–Kier alpha value is -3.04. The van der Waals surface area contributed by atoms with Gasteiger partial charge in [-0.15, -0.1) is 0 Å². The summed E-state index contributed by atoms with van der Waals surface area (Å²) < 4.78 is 5.32. The number of amides is 1. The molecule has 164 valence electrons. The van der Waals surface area contributed by atoms with Crippen molar-refractivity contribution in [2.45, 2.75) is 32.4 Å². The molecule has 0 aliphatic carbocycles. The number of rotatable bonds is 5. The van der Waals surface area contributed by atoms with Crippen LogP contribution in [0.1, 0.15) is 26.3 Å². The molecule has 31 heavy (non-hydrogen) atoms. The molecule has 3 heterocycles. The number of carbonyl (C=O) groups is 1. The Morgan fingerprint density at radius 3 is 2.42 bits per heavy atom. The normalized spacial score (nSPS) is 20.8. The van der Waals surface area contributed by atoms with Crippen molar-refractivity contribution >= 4 is 17.7 Å². The molecule has 2 aliphatic heterocycles. The van der Waals surface area contributed by atoms with Crippen LogP contribution in [0, 0.1) is 5.92 Å². The van der Waals surface area contributed by atoms with Crippen LogP contribution in [0.2, 0.25) is 0 Å². The first-order valence-electron chi connectivity index (χ1n) is 10.4. The van der Waals surface area contributed by atoms with Gasteiger partial charge >= 0.3 is 0 Å². The van der Waals surface area contributed by atoms with Crippen LogP contribution in [-0.2, 0) is 19.8 Å². The summed E-state index contributed by atoms with van der Waals surface area (Å²) in [6, 6.07) is 8.18. The largest absolute Gasteiger partial charge is 0.378 e. The maximum atomic E-state index is 12.8. The highest BCUT2D eigenvalue weighted by Gasteiger charge is 2.42. The summed E-state index contributed by atoms with van der Waals surface area (Å²) in [5, 5.41) is 0. The van der Waals surface area contributed by atoms with Crippen LogP contribution < -0.4 is 11.2 Å². The Bertz CT molecular complexity index is 954. The van der Waals surface area contributed by atoms with Crippen LogP contribution >= 0.6 is 0 Å². The number of nitrogens with one attached hydrogen (secondary N) is 1. The van der Waals surface area contributed by atoms with Gasteiger partial charge in [0.25, 0.3) is 12.1 Å². The van der Waals surface area contributed by atoms with Gasteiger partial charge in [0, 0.05) is 31.0 Å². The molecule has 3 N–H and O–H groups in total. The second-order valence-electron chi connectivity index (χ2n) is 8.25. The van der Waals surface area contributed by atoms with Crippen molar-refractivity contribution in [1.29, 1.82) is 0 Å². The summed E-state index contributed by atoms with van der Waals surface area (Å²) in [7, 11) is 0. The summed E-state index contributed by atoms with van der Waals surface area (Å²) in [5.41, 5.74) is 11.0. The first kappa shape index (κ1) is 21.2. The number of nitrogen functional groups attached to an aromatic ring is 1. The summed E-state index contributed by atoms with van der Waals surface area (Å²) in [5.74, 6) is 0.956. The Morgan fingerprint density at radius 1 is 1.16 bits per heavy atom. The monoisotopic (exact) mass is 424 g/mol. The van der Waals surface area contributed by atoms with E-state index in [-0.39, 0.29) is 17.8 Å². The number of benzene rings is 1. The Kier molecular flexibility index (Phi) is 5.88. The fourth-order valence-corrected chi connectivity index (χ4v) is 3.81. The van der Waals surface area contributed by atoms with E-state index < -0.39 is 11.6 Å². The van der Waals surface area contributed by atoms with Crippen molar-refractivity contribution in [3.63, 3.8) is 0 Å². The topological polar surface area (TPSA) is 115 Å². The number of hydrogen-bond acceptors (Lipinski definition) is 8. The van der Waals surface area contributed by atoms with Crippen LogP contribution in [0.3, 0.4) is 0 Å². The van der Waals surface area contributed by atoms with Gasteiger partial charge in [-0.3, -0.25) is 4.79 Å². The van der Waals surface area contributed by atoms with E-state index in [1.54, 1.807) is 17.3 Å². The van der Waals surface area contributed by atoms with Gasteiger partial charge in [-0.1, -0.05) is 38.1 Å². The molecule has 1 fully saturated rings. The molecule has 4 rings (SSSR count). The number of nitrogens with two attached hydrogens (primary N) is 1. The molecule has 1 saturated heterocycles. The minimum Gasteiger partial charge on any atom is -0.378 e. The smallest absolute Gasteiger partial charge is 0.277 e. The lowest BCUT2D eigenvalue weighted by Gasteiger charge is -2.34. The Balaban J connectivity index is 1.58. The average Bonchev–Trinajstić information content (AvgIpc) is 3.30. The summed E-state index contributed by atoms with van der Waals surface area (Å²) >= 11 is 0. The molecular weight excluding hydrogens is 396 g/mol. The number of amidine groups is 1. The highest BCUT2D eigenvalue weighted by atomic mass is 16.7. The van der Waals surface area contributed by atoms with Crippen LogP contribution in [0.15, 0.2) is 41.7 Å². The van der Waals surface area contributed by atoms with E-state index in [1.807, 2.05) is 12.1 Å². The fraction of sp³-hybridized carbons (Fsp3) is 0.455. The first-order chi connectivity index (χ1) is 14.9. The van der Waals surface area contributed by atoms with Crippen molar-refractivity contribution in [1.82, 2.24) is 20.3 Å². The van der Waals surface area contributed by atoms with Crippen LogP contribution in [0.5, 0.6) is 0 Å². The van der Waals surface area contributed by atoms with E-state index in [4.69, 9.17) is 15.3 Å². The van der Waals surface area contributed by atoms with E-state index in [0.717, 1.165) is 16.7 Å². The number of hydroxylamine groups is 1. The number of hydrogen-bond donors (Lipinski definition) is 2. The molecule has 1 amide bonds. The second-order valence-corrected chi connectivity index (χ2v) is 8.25. The highest BCUT2D eigenvalue weighted by molar-refractivity contribution is 5.96. The lowest BCUT2D eigenvalue weighted by Crippen LogP contribution is -2.45. The van der Waals surface area contributed by atoms with Crippen molar-refractivity contribution in [2.24, 2.45) is 10.9 Å². The van der Waals surface area contributed by atoms with Gasteiger partial charge in [0.1, 0.15) is 5.84 Å². The maximum absolute atomic E-state index is 12.8. The van der Waals surface area contributed by atoms with Gasteiger partial charge in [0.2, 0.25) is 5.95 Å². The Labute approximate surface area is 181 Å². The number of morpholine rings is 1. The molecule has 1 aromatic carbocycles. The predicted molar refractivity (Wildman–Crippen MR) is 117 cm³/mol. The summed E-state index contributed by atoms with van der Waals surface area (Å²) in [6.45, 7) is 8.56. The third-order valence-electron chi connectivity index (χ3n) is 6.18. The van der Waals surface area contributed by atoms with Gasteiger partial charge in [-0.25, -0.2) is 25.3 Å². The quantitative estimate of drug-likeness (QED) is 0.751. The maximum Gasteiger partial charge on any atom is 0.277 e. The molecule has 9 nitrogen and oxygen atoms in total. The number of aromatic nitrogens is 2. The van der Waals surface area contributed by atoms with E-state index in [9.17, 15) is 4.79 Å². The Morgan fingerprint density at radius 2 is 1.81 bits per heavy atom. The van der Waals surface area contributed by atoms with Gasteiger partial charge in [-0.05, 0) is 24.0 Å². The summed E-state index contributed by atoms with van der Waals surface area (Å²) in [6.07, 6.45) is 2.53. The lowest BCUT2D eigenvalue weighted by molar-refractivity contribution is -0.148. The zero-order chi connectivity index (χ0) is 22.0. The number of ether oxygens (including phenoxy) is 1. The van der Waals surface area contributed by atoms with Gasteiger partial charge < -0.3 is 15.4 Å². The first-order valence-corrected chi connectivity index (χ1v) is 10.4. The van der Waals surface area contributed by atoms with Crippen LogP contribution in [0.4, 0.5) is 5.95 Å².